The number of thioether (sulfide) groups is 1. The van der Waals surface area contributed by atoms with Crippen LogP contribution in [0.2, 0.25) is 5.02 Å². The van der Waals surface area contributed by atoms with E-state index in [0.717, 1.165) is 27.3 Å². The minimum atomic E-state index is -0.321. The lowest BCUT2D eigenvalue weighted by atomic mass is 9.99. The van der Waals surface area contributed by atoms with Crippen LogP contribution < -0.4 is 5.32 Å². The smallest absolute Gasteiger partial charge is 0.256 e. The zero-order valence-corrected chi connectivity index (χ0v) is 17.5. The lowest BCUT2D eigenvalue weighted by Gasteiger charge is -2.13. The molecular weight excluding hydrogens is 421 g/mol. The average Bonchev–Trinajstić information content (AvgIpc) is 3.30. The van der Waals surface area contributed by atoms with Crippen LogP contribution in [0.1, 0.15) is 10.4 Å². The molecule has 7 heteroatoms. The molecule has 1 heterocycles. The fourth-order valence-electron chi connectivity index (χ4n) is 3.13. The first-order valence-electron chi connectivity index (χ1n) is 9.10. The molecule has 4 aromatic rings. The largest absolute Gasteiger partial charge is 0.322 e. The van der Waals surface area contributed by atoms with Crippen LogP contribution in [0, 0.1) is 5.82 Å². The third-order valence-electron chi connectivity index (χ3n) is 4.64. The van der Waals surface area contributed by atoms with Crippen molar-refractivity contribution in [2.45, 2.75) is 4.90 Å². The SMILES string of the molecule is CSc1ccc(C(=O)Nc2ccc(Cl)c(-c3ccn[nH]3)c2)c(-c2ccc(F)cc2)c1. The molecule has 0 saturated carbocycles. The van der Waals surface area contributed by atoms with Gasteiger partial charge in [-0.25, -0.2) is 4.39 Å². The molecule has 150 valence electrons. The number of benzene rings is 3. The molecule has 0 bridgehead atoms. The average molecular weight is 438 g/mol. The Morgan fingerprint density at radius 2 is 1.83 bits per heavy atom. The van der Waals surface area contributed by atoms with E-state index in [2.05, 4.69) is 15.5 Å². The van der Waals surface area contributed by atoms with Crippen molar-refractivity contribution >= 4 is 35.0 Å². The van der Waals surface area contributed by atoms with E-state index < -0.39 is 0 Å². The van der Waals surface area contributed by atoms with Gasteiger partial charge in [0, 0.05) is 27.9 Å². The van der Waals surface area contributed by atoms with Crippen LogP contribution in [-0.4, -0.2) is 22.4 Å². The van der Waals surface area contributed by atoms with Gasteiger partial charge in [0.2, 0.25) is 0 Å². The predicted molar refractivity (Wildman–Crippen MR) is 121 cm³/mol. The molecule has 2 N–H and O–H groups in total. The molecule has 4 rings (SSSR count). The number of carbonyl (C=O) groups excluding carboxylic acids is 1. The van der Waals surface area contributed by atoms with Gasteiger partial charge in [0.05, 0.1) is 10.7 Å². The lowest BCUT2D eigenvalue weighted by molar-refractivity contribution is 0.102. The Labute approximate surface area is 182 Å². The molecule has 1 amide bonds. The highest BCUT2D eigenvalue weighted by atomic mass is 35.5. The van der Waals surface area contributed by atoms with E-state index in [1.54, 1.807) is 60.4 Å². The Morgan fingerprint density at radius 3 is 2.53 bits per heavy atom. The molecule has 0 radical (unpaired) electrons. The second-order valence-corrected chi connectivity index (χ2v) is 7.82. The Hall–Kier alpha value is -3.09. The number of anilines is 1. The number of rotatable bonds is 5. The molecule has 0 unspecified atom stereocenters. The van der Waals surface area contributed by atoms with Gasteiger partial charge >= 0.3 is 0 Å². The van der Waals surface area contributed by atoms with E-state index in [1.807, 2.05) is 18.4 Å². The minimum Gasteiger partial charge on any atom is -0.322 e. The van der Waals surface area contributed by atoms with Crippen molar-refractivity contribution in [3.63, 3.8) is 0 Å². The summed E-state index contributed by atoms with van der Waals surface area (Å²) in [7, 11) is 0. The molecule has 30 heavy (non-hydrogen) atoms. The van der Waals surface area contributed by atoms with Crippen LogP contribution in [0.3, 0.4) is 0 Å². The summed E-state index contributed by atoms with van der Waals surface area (Å²) in [5, 5.41) is 10.3. The molecular formula is C23H17ClFN3OS. The summed E-state index contributed by atoms with van der Waals surface area (Å²) in [4.78, 5) is 14.1. The predicted octanol–water partition coefficient (Wildman–Crippen LogP) is 6.51. The van der Waals surface area contributed by atoms with Crippen LogP contribution in [0.5, 0.6) is 0 Å². The quantitative estimate of drug-likeness (QED) is 0.350. The molecule has 1 aromatic heterocycles. The van der Waals surface area contributed by atoms with Gasteiger partial charge < -0.3 is 5.32 Å². The van der Waals surface area contributed by atoms with Crippen molar-refractivity contribution in [2.24, 2.45) is 0 Å². The van der Waals surface area contributed by atoms with Gasteiger partial charge in [-0.15, -0.1) is 11.8 Å². The fraction of sp³-hybridized carbons (Fsp3) is 0.0435. The second kappa shape index (κ2) is 8.73. The standard InChI is InChI=1S/C23H17ClFN3OS/c1-30-17-7-8-18(19(13-17)14-2-4-15(25)5-3-14)23(29)27-16-6-9-21(24)20(12-16)22-10-11-26-28-22/h2-13H,1H3,(H,26,28)(H,27,29). The zero-order valence-electron chi connectivity index (χ0n) is 15.9. The summed E-state index contributed by atoms with van der Waals surface area (Å²) in [6, 6.07) is 18.8. The number of nitrogens with one attached hydrogen (secondary N) is 2. The Kier molecular flexibility index (Phi) is 5.88. The topological polar surface area (TPSA) is 57.8 Å². The molecule has 4 nitrogen and oxygen atoms in total. The first-order chi connectivity index (χ1) is 14.5. The molecule has 0 aliphatic heterocycles. The normalized spacial score (nSPS) is 10.8. The zero-order chi connectivity index (χ0) is 21.1. The van der Waals surface area contributed by atoms with Crippen LogP contribution in [0.4, 0.5) is 10.1 Å². The highest BCUT2D eigenvalue weighted by Gasteiger charge is 2.15. The van der Waals surface area contributed by atoms with Gasteiger partial charge in [-0.05, 0) is 72.0 Å². The molecule has 0 saturated heterocycles. The van der Waals surface area contributed by atoms with Crippen LogP contribution in [0.15, 0.2) is 77.8 Å². The van der Waals surface area contributed by atoms with Gasteiger partial charge in [0.1, 0.15) is 5.82 Å². The van der Waals surface area contributed by atoms with Crippen molar-refractivity contribution in [3.8, 4) is 22.4 Å². The molecule has 0 spiro atoms. The highest BCUT2D eigenvalue weighted by molar-refractivity contribution is 7.98. The summed E-state index contributed by atoms with van der Waals surface area (Å²) in [5.74, 6) is -0.585. The van der Waals surface area contributed by atoms with Gasteiger partial charge in [0.15, 0.2) is 0 Å². The summed E-state index contributed by atoms with van der Waals surface area (Å²) in [6.07, 6.45) is 3.60. The number of halogens is 2. The fourth-order valence-corrected chi connectivity index (χ4v) is 3.79. The first kappa shape index (κ1) is 20.2. The van der Waals surface area contributed by atoms with Crippen molar-refractivity contribution in [2.75, 3.05) is 11.6 Å². The summed E-state index contributed by atoms with van der Waals surface area (Å²) >= 11 is 7.88. The minimum absolute atomic E-state index is 0.264. The summed E-state index contributed by atoms with van der Waals surface area (Å²) in [5.41, 5.74) is 4.11. The van der Waals surface area contributed by atoms with E-state index in [4.69, 9.17) is 11.6 Å². The van der Waals surface area contributed by atoms with Crippen molar-refractivity contribution in [1.29, 1.82) is 0 Å². The third-order valence-corrected chi connectivity index (χ3v) is 5.70. The lowest BCUT2D eigenvalue weighted by Crippen LogP contribution is -2.13. The number of aromatic amines is 1. The van der Waals surface area contributed by atoms with E-state index in [9.17, 15) is 9.18 Å². The number of hydrogen-bond donors (Lipinski definition) is 2. The van der Waals surface area contributed by atoms with Gasteiger partial charge in [-0.2, -0.15) is 5.10 Å². The number of carbonyl (C=O) groups is 1. The number of H-pyrrole nitrogens is 1. The van der Waals surface area contributed by atoms with E-state index in [0.29, 0.717) is 16.3 Å². The Bertz CT molecular complexity index is 1190. The maximum Gasteiger partial charge on any atom is 0.256 e. The number of hydrogen-bond acceptors (Lipinski definition) is 3. The molecule has 0 aliphatic carbocycles. The van der Waals surface area contributed by atoms with Gasteiger partial charge in [-0.3, -0.25) is 9.89 Å². The maximum atomic E-state index is 13.4. The van der Waals surface area contributed by atoms with Gasteiger partial charge in [-0.1, -0.05) is 23.7 Å². The summed E-state index contributed by atoms with van der Waals surface area (Å²) in [6.45, 7) is 0. The Morgan fingerprint density at radius 1 is 1.03 bits per heavy atom. The highest BCUT2D eigenvalue weighted by Crippen LogP contribution is 2.31. The van der Waals surface area contributed by atoms with Crippen LogP contribution in [0.25, 0.3) is 22.4 Å². The summed E-state index contributed by atoms with van der Waals surface area (Å²) < 4.78 is 13.4. The number of aromatic nitrogens is 2. The van der Waals surface area contributed by atoms with Crippen LogP contribution in [-0.2, 0) is 0 Å². The molecule has 0 atom stereocenters. The van der Waals surface area contributed by atoms with Gasteiger partial charge in [0.25, 0.3) is 5.91 Å². The Balaban J connectivity index is 1.69. The van der Waals surface area contributed by atoms with E-state index >= 15 is 0 Å². The van der Waals surface area contributed by atoms with E-state index in [-0.39, 0.29) is 11.7 Å². The monoisotopic (exact) mass is 437 g/mol. The maximum absolute atomic E-state index is 13.4. The third kappa shape index (κ3) is 4.25. The second-order valence-electron chi connectivity index (χ2n) is 6.54. The van der Waals surface area contributed by atoms with Crippen molar-refractivity contribution in [3.05, 3.63) is 89.3 Å². The molecule has 0 aliphatic rings. The first-order valence-corrected chi connectivity index (χ1v) is 10.7. The van der Waals surface area contributed by atoms with Crippen molar-refractivity contribution in [1.82, 2.24) is 10.2 Å². The molecule has 3 aromatic carbocycles. The number of nitrogens with zero attached hydrogens (tertiary/aromatic N) is 1. The van der Waals surface area contributed by atoms with E-state index in [1.165, 1.54) is 12.1 Å². The molecule has 0 fully saturated rings. The van der Waals surface area contributed by atoms with Crippen molar-refractivity contribution < 1.29 is 9.18 Å². The number of amides is 1. The van der Waals surface area contributed by atoms with Crippen LogP contribution >= 0.6 is 23.4 Å².